The van der Waals surface area contributed by atoms with Crippen molar-refractivity contribution in [3.63, 3.8) is 0 Å². The van der Waals surface area contributed by atoms with Gasteiger partial charge in [0.1, 0.15) is 11.2 Å². The molecule has 1 aliphatic rings. The number of alkyl halides is 3. The molecule has 0 spiro atoms. The van der Waals surface area contributed by atoms with Crippen molar-refractivity contribution in [2.24, 2.45) is 0 Å². The molecule has 1 saturated heterocycles. The number of sulfone groups is 1. The minimum Gasteiger partial charge on any atom is -0.480 e. The van der Waals surface area contributed by atoms with Crippen molar-refractivity contribution in [2.45, 2.75) is 26.1 Å². The van der Waals surface area contributed by atoms with E-state index in [1.165, 1.54) is 13.2 Å². The van der Waals surface area contributed by atoms with Crippen LogP contribution in [0.15, 0.2) is 30.3 Å². The number of anilines is 2. The van der Waals surface area contributed by atoms with Gasteiger partial charge in [0.25, 0.3) is 0 Å². The third-order valence-electron chi connectivity index (χ3n) is 5.81. The van der Waals surface area contributed by atoms with Crippen LogP contribution in [0.4, 0.5) is 24.7 Å². The van der Waals surface area contributed by atoms with Crippen LogP contribution in [0.5, 0.6) is 5.88 Å². The molecule has 8 nitrogen and oxygen atoms in total. The number of aromatic nitrogens is 3. The lowest BCUT2D eigenvalue weighted by molar-refractivity contribution is -0.137. The van der Waals surface area contributed by atoms with Gasteiger partial charge in [0.05, 0.1) is 35.9 Å². The lowest BCUT2D eigenvalue weighted by Crippen LogP contribution is -2.40. The molecular formula is C22H24F3N5O3S. The molecule has 182 valence electrons. The molecule has 1 N–H and O–H groups in total. The van der Waals surface area contributed by atoms with Gasteiger partial charge in [0.2, 0.25) is 5.88 Å². The number of pyridine rings is 1. The number of nitrogens with one attached hydrogen (secondary N) is 1. The number of benzene rings is 1. The Morgan fingerprint density at radius 2 is 1.85 bits per heavy atom. The van der Waals surface area contributed by atoms with Crippen LogP contribution in [0, 0.1) is 6.92 Å². The SMILES string of the molecule is COc1nc2c(C)nnc(N[C@H](C)c3cccc(C(F)(F)F)c3)c2cc1N1CCS(=O)(=O)CC1. The summed E-state index contributed by atoms with van der Waals surface area (Å²) in [6, 6.07) is 6.40. The molecule has 3 aromatic rings. The summed E-state index contributed by atoms with van der Waals surface area (Å²) in [4.78, 5) is 6.48. The van der Waals surface area contributed by atoms with Gasteiger partial charge < -0.3 is 15.0 Å². The van der Waals surface area contributed by atoms with Gasteiger partial charge in [-0.1, -0.05) is 12.1 Å². The molecule has 1 atom stereocenters. The minimum atomic E-state index is -4.44. The van der Waals surface area contributed by atoms with E-state index < -0.39 is 27.6 Å². The van der Waals surface area contributed by atoms with Gasteiger partial charge in [-0.2, -0.15) is 18.3 Å². The Morgan fingerprint density at radius 1 is 1.15 bits per heavy atom. The van der Waals surface area contributed by atoms with E-state index in [9.17, 15) is 21.6 Å². The number of methoxy groups -OCH3 is 1. The van der Waals surface area contributed by atoms with Crippen molar-refractivity contribution >= 4 is 32.2 Å². The molecule has 1 aliphatic heterocycles. The van der Waals surface area contributed by atoms with E-state index in [4.69, 9.17) is 4.74 Å². The summed E-state index contributed by atoms with van der Waals surface area (Å²) in [6.07, 6.45) is -4.44. The molecular weight excluding hydrogens is 471 g/mol. The van der Waals surface area contributed by atoms with Crippen molar-refractivity contribution in [2.75, 3.05) is 41.9 Å². The largest absolute Gasteiger partial charge is 0.480 e. The Kier molecular flexibility index (Phi) is 6.28. The molecule has 0 aliphatic carbocycles. The minimum absolute atomic E-state index is 0.0273. The monoisotopic (exact) mass is 495 g/mol. The quantitative estimate of drug-likeness (QED) is 0.572. The second kappa shape index (κ2) is 8.90. The molecule has 0 radical (unpaired) electrons. The lowest BCUT2D eigenvalue weighted by Gasteiger charge is -2.29. The zero-order chi connectivity index (χ0) is 24.7. The first-order chi connectivity index (χ1) is 16.0. The van der Waals surface area contributed by atoms with E-state index in [2.05, 4.69) is 20.5 Å². The molecule has 0 bridgehead atoms. The molecule has 34 heavy (non-hydrogen) atoms. The van der Waals surface area contributed by atoms with E-state index in [1.54, 1.807) is 19.9 Å². The third kappa shape index (κ3) is 4.86. The van der Waals surface area contributed by atoms with Gasteiger partial charge in [-0.15, -0.1) is 5.10 Å². The van der Waals surface area contributed by atoms with Crippen LogP contribution in [0.25, 0.3) is 10.9 Å². The van der Waals surface area contributed by atoms with E-state index in [1.807, 2.05) is 11.0 Å². The fourth-order valence-corrected chi connectivity index (χ4v) is 5.08. The van der Waals surface area contributed by atoms with Crippen molar-refractivity contribution in [1.82, 2.24) is 15.2 Å². The summed E-state index contributed by atoms with van der Waals surface area (Å²) in [7, 11) is -1.60. The Bertz CT molecular complexity index is 1320. The van der Waals surface area contributed by atoms with E-state index in [-0.39, 0.29) is 11.5 Å². The summed E-state index contributed by atoms with van der Waals surface area (Å²) in [5.41, 5.74) is 1.41. The second-order valence-electron chi connectivity index (χ2n) is 8.18. The van der Waals surface area contributed by atoms with Crippen LogP contribution in [0.3, 0.4) is 0 Å². The summed E-state index contributed by atoms with van der Waals surface area (Å²) in [5.74, 6) is 0.741. The first-order valence-corrected chi connectivity index (χ1v) is 12.4. The van der Waals surface area contributed by atoms with Gasteiger partial charge in [0.15, 0.2) is 15.7 Å². The molecule has 12 heteroatoms. The predicted molar refractivity (Wildman–Crippen MR) is 123 cm³/mol. The Balaban J connectivity index is 1.73. The average molecular weight is 496 g/mol. The van der Waals surface area contributed by atoms with Crippen LogP contribution in [0.1, 0.15) is 29.8 Å². The molecule has 4 rings (SSSR count). The van der Waals surface area contributed by atoms with Gasteiger partial charge in [0, 0.05) is 18.5 Å². The fourth-order valence-electron chi connectivity index (χ4n) is 3.88. The molecule has 1 aromatic carbocycles. The summed E-state index contributed by atoms with van der Waals surface area (Å²) < 4.78 is 68.6. The Hall–Kier alpha value is -3.15. The lowest BCUT2D eigenvalue weighted by atomic mass is 10.0. The van der Waals surface area contributed by atoms with Crippen molar-refractivity contribution in [1.29, 1.82) is 0 Å². The zero-order valence-electron chi connectivity index (χ0n) is 18.8. The number of hydrogen-bond donors (Lipinski definition) is 1. The number of rotatable bonds is 5. The smallest absolute Gasteiger partial charge is 0.416 e. The second-order valence-corrected chi connectivity index (χ2v) is 10.5. The van der Waals surface area contributed by atoms with E-state index in [0.29, 0.717) is 52.6 Å². The maximum atomic E-state index is 13.1. The average Bonchev–Trinajstić information content (AvgIpc) is 2.80. The topological polar surface area (TPSA) is 97.3 Å². The molecule has 2 aromatic heterocycles. The number of ether oxygens (including phenoxy) is 1. The van der Waals surface area contributed by atoms with Crippen molar-refractivity contribution in [3.05, 3.63) is 47.2 Å². The van der Waals surface area contributed by atoms with Crippen LogP contribution >= 0.6 is 0 Å². The van der Waals surface area contributed by atoms with E-state index in [0.717, 1.165) is 12.1 Å². The highest BCUT2D eigenvalue weighted by Crippen LogP contribution is 2.36. The van der Waals surface area contributed by atoms with Crippen LogP contribution in [-0.2, 0) is 16.0 Å². The Morgan fingerprint density at radius 3 is 2.50 bits per heavy atom. The molecule has 0 saturated carbocycles. The molecule has 0 amide bonds. The van der Waals surface area contributed by atoms with Gasteiger partial charge in [-0.3, -0.25) is 0 Å². The van der Waals surface area contributed by atoms with E-state index >= 15 is 0 Å². The molecule has 1 fully saturated rings. The Labute approximate surface area is 195 Å². The first-order valence-electron chi connectivity index (χ1n) is 10.6. The van der Waals surface area contributed by atoms with Crippen LogP contribution in [-0.4, -0.2) is 55.3 Å². The highest BCUT2D eigenvalue weighted by atomic mass is 32.2. The number of fused-ring (bicyclic) bond motifs is 1. The third-order valence-corrected chi connectivity index (χ3v) is 7.42. The van der Waals surface area contributed by atoms with Crippen molar-refractivity contribution in [3.8, 4) is 5.88 Å². The fraction of sp³-hybridized carbons (Fsp3) is 0.409. The van der Waals surface area contributed by atoms with Crippen LogP contribution in [0.2, 0.25) is 0 Å². The highest BCUT2D eigenvalue weighted by molar-refractivity contribution is 7.91. The van der Waals surface area contributed by atoms with Crippen molar-refractivity contribution < 1.29 is 26.3 Å². The maximum absolute atomic E-state index is 13.1. The summed E-state index contributed by atoms with van der Waals surface area (Å²) in [6.45, 7) is 4.07. The van der Waals surface area contributed by atoms with Crippen LogP contribution < -0.4 is 15.0 Å². The van der Waals surface area contributed by atoms with Gasteiger partial charge in [-0.25, -0.2) is 13.4 Å². The standard InChI is InChI=1S/C22H24F3N5O3S/c1-13(15-5-4-6-16(11-15)22(23,24)25)26-20-17-12-18(30-7-9-34(31,32)10-8-30)21(33-3)27-19(17)14(2)28-29-20/h4-6,11-13H,7-10H2,1-3H3,(H,26,29)/t13-/m1/s1. The zero-order valence-corrected chi connectivity index (χ0v) is 19.7. The number of nitrogens with zero attached hydrogens (tertiary/aromatic N) is 4. The summed E-state index contributed by atoms with van der Waals surface area (Å²) >= 11 is 0. The number of halogens is 3. The maximum Gasteiger partial charge on any atom is 0.416 e. The summed E-state index contributed by atoms with van der Waals surface area (Å²) in [5, 5.41) is 12.1. The van der Waals surface area contributed by atoms with Gasteiger partial charge in [-0.05, 0) is 37.6 Å². The molecule has 3 heterocycles. The normalized spacial score (nSPS) is 16.9. The predicted octanol–water partition coefficient (Wildman–Crippen LogP) is 3.77. The number of aryl methyl sites for hydroxylation is 1. The molecule has 0 unspecified atom stereocenters. The van der Waals surface area contributed by atoms with Gasteiger partial charge >= 0.3 is 6.18 Å². The first kappa shape index (κ1) is 24.0. The highest BCUT2D eigenvalue weighted by Gasteiger charge is 2.31. The number of hydrogen-bond acceptors (Lipinski definition) is 8.